The van der Waals surface area contributed by atoms with Crippen LogP contribution in [0, 0.1) is 11.8 Å². The fourth-order valence-electron chi connectivity index (χ4n) is 3.01. The third-order valence-corrected chi connectivity index (χ3v) is 4.42. The molecule has 1 unspecified atom stereocenters. The fraction of sp³-hybridized carbons (Fsp3) is 0.667. The minimum Gasteiger partial charge on any atom is -0.360 e. The first kappa shape index (κ1) is 17.7. The summed E-state index contributed by atoms with van der Waals surface area (Å²) in [6, 6.07) is 3.75. The molecular formula is C18H30N4O. The number of amides is 1. The minimum absolute atomic E-state index is 0.0227. The smallest absolute Gasteiger partial charge is 0.252 e. The first-order valence-electron chi connectivity index (χ1n) is 8.67. The molecule has 1 atom stereocenters. The van der Waals surface area contributed by atoms with Crippen molar-refractivity contribution < 1.29 is 4.79 Å². The van der Waals surface area contributed by atoms with E-state index in [4.69, 9.17) is 0 Å². The van der Waals surface area contributed by atoms with Crippen LogP contribution in [0.4, 0.5) is 5.82 Å². The van der Waals surface area contributed by atoms with Gasteiger partial charge in [-0.05, 0) is 43.9 Å². The molecular weight excluding hydrogens is 288 g/mol. The van der Waals surface area contributed by atoms with Gasteiger partial charge in [-0.1, -0.05) is 13.8 Å². The van der Waals surface area contributed by atoms with Crippen LogP contribution in [0.2, 0.25) is 0 Å². The highest BCUT2D eigenvalue weighted by molar-refractivity contribution is 5.94. The van der Waals surface area contributed by atoms with E-state index in [0.717, 1.165) is 38.5 Å². The standard InChI is InChI=1S/C18H30N4O/c1-5-21(4)17-7-6-16(11-19-17)18(23)20-10-15-8-9-22(13-15)12-14(2)3/h6-7,11,14-15H,5,8-10,12-13H2,1-4H3,(H,20,23). The van der Waals surface area contributed by atoms with Crippen LogP contribution in [-0.2, 0) is 0 Å². The van der Waals surface area contributed by atoms with Crippen LogP contribution in [-0.4, -0.2) is 55.6 Å². The van der Waals surface area contributed by atoms with E-state index >= 15 is 0 Å². The van der Waals surface area contributed by atoms with E-state index in [0.29, 0.717) is 17.4 Å². The maximum Gasteiger partial charge on any atom is 0.252 e. The normalized spacial score (nSPS) is 18.4. The summed E-state index contributed by atoms with van der Waals surface area (Å²) in [5.41, 5.74) is 0.635. The van der Waals surface area contributed by atoms with E-state index in [1.165, 1.54) is 6.42 Å². The molecule has 1 aliphatic heterocycles. The highest BCUT2D eigenvalue weighted by Crippen LogP contribution is 2.17. The van der Waals surface area contributed by atoms with Crippen LogP contribution in [0.5, 0.6) is 0 Å². The molecule has 1 fully saturated rings. The second-order valence-electron chi connectivity index (χ2n) is 6.94. The van der Waals surface area contributed by atoms with Gasteiger partial charge in [0.05, 0.1) is 5.56 Å². The van der Waals surface area contributed by atoms with Gasteiger partial charge in [-0.25, -0.2) is 4.98 Å². The van der Waals surface area contributed by atoms with Crippen LogP contribution >= 0.6 is 0 Å². The van der Waals surface area contributed by atoms with Gasteiger partial charge in [0.15, 0.2) is 0 Å². The summed E-state index contributed by atoms with van der Waals surface area (Å²) in [6.07, 6.45) is 2.84. The molecule has 0 bridgehead atoms. The summed E-state index contributed by atoms with van der Waals surface area (Å²) < 4.78 is 0. The largest absolute Gasteiger partial charge is 0.360 e. The van der Waals surface area contributed by atoms with Crippen molar-refractivity contribution in [1.29, 1.82) is 0 Å². The average Bonchev–Trinajstić information content (AvgIpc) is 2.98. The number of pyridine rings is 1. The van der Waals surface area contributed by atoms with E-state index in [2.05, 4.69) is 36.0 Å². The minimum atomic E-state index is -0.0227. The maximum absolute atomic E-state index is 12.2. The number of likely N-dealkylation sites (tertiary alicyclic amines) is 1. The van der Waals surface area contributed by atoms with Gasteiger partial charge in [-0.2, -0.15) is 0 Å². The number of rotatable bonds is 7. The Morgan fingerprint density at radius 1 is 1.48 bits per heavy atom. The van der Waals surface area contributed by atoms with E-state index in [1.807, 2.05) is 24.1 Å². The summed E-state index contributed by atoms with van der Waals surface area (Å²) in [7, 11) is 1.99. The molecule has 1 aromatic rings. The van der Waals surface area contributed by atoms with Crippen molar-refractivity contribution in [3.63, 3.8) is 0 Å². The maximum atomic E-state index is 12.2. The van der Waals surface area contributed by atoms with E-state index in [1.54, 1.807) is 6.20 Å². The second kappa shape index (κ2) is 8.29. The topological polar surface area (TPSA) is 48.5 Å². The molecule has 1 amide bonds. The molecule has 0 aliphatic carbocycles. The molecule has 0 radical (unpaired) electrons. The lowest BCUT2D eigenvalue weighted by Gasteiger charge is -2.18. The zero-order chi connectivity index (χ0) is 16.8. The number of carbonyl (C=O) groups is 1. The van der Waals surface area contributed by atoms with Crippen molar-refractivity contribution in [1.82, 2.24) is 15.2 Å². The van der Waals surface area contributed by atoms with Crippen molar-refractivity contribution in [2.75, 3.05) is 44.7 Å². The highest BCUT2D eigenvalue weighted by Gasteiger charge is 2.23. The molecule has 1 aromatic heterocycles. The summed E-state index contributed by atoms with van der Waals surface area (Å²) >= 11 is 0. The summed E-state index contributed by atoms with van der Waals surface area (Å²) in [5.74, 6) is 2.14. The van der Waals surface area contributed by atoms with Crippen LogP contribution in [0.1, 0.15) is 37.6 Å². The van der Waals surface area contributed by atoms with Gasteiger partial charge in [0, 0.05) is 39.4 Å². The molecule has 5 nitrogen and oxygen atoms in total. The van der Waals surface area contributed by atoms with E-state index < -0.39 is 0 Å². The third-order valence-electron chi connectivity index (χ3n) is 4.42. The molecule has 0 aromatic carbocycles. The number of carbonyl (C=O) groups excluding carboxylic acids is 1. The van der Waals surface area contributed by atoms with Crippen LogP contribution in [0.3, 0.4) is 0 Å². The van der Waals surface area contributed by atoms with Gasteiger partial charge >= 0.3 is 0 Å². The molecule has 1 aliphatic rings. The third kappa shape index (κ3) is 5.20. The molecule has 5 heteroatoms. The zero-order valence-electron chi connectivity index (χ0n) is 14.9. The van der Waals surface area contributed by atoms with Gasteiger partial charge in [0.1, 0.15) is 5.82 Å². The van der Waals surface area contributed by atoms with E-state index in [-0.39, 0.29) is 5.91 Å². The lowest BCUT2D eigenvalue weighted by Crippen LogP contribution is -2.32. The molecule has 1 N–H and O–H groups in total. The monoisotopic (exact) mass is 318 g/mol. The van der Waals surface area contributed by atoms with Crippen molar-refractivity contribution in [3.8, 4) is 0 Å². The average molecular weight is 318 g/mol. The van der Waals surface area contributed by atoms with Crippen LogP contribution in [0.15, 0.2) is 18.3 Å². The molecule has 1 saturated heterocycles. The number of hydrogen-bond acceptors (Lipinski definition) is 4. The lowest BCUT2D eigenvalue weighted by atomic mass is 10.1. The summed E-state index contributed by atoms with van der Waals surface area (Å²) in [6.45, 7) is 11.6. The predicted octanol–water partition coefficient (Wildman–Crippen LogP) is 2.25. The number of nitrogens with zero attached hydrogens (tertiary/aromatic N) is 3. The van der Waals surface area contributed by atoms with Crippen molar-refractivity contribution in [2.24, 2.45) is 11.8 Å². The van der Waals surface area contributed by atoms with Crippen molar-refractivity contribution in [3.05, 3.63) is 23.9 Å². The Morgan fingerprint density at radius 2 is 2.26 bits per heavy atom. The predicted molar refractivity (Wildman–Crippen MR) is 94.9 cm³/mol. The summed E-state index contributed by atoms with van der Waals surface area (Å²) in [4.78, 5) is 21.1. The number of nitrogens with one attached hydrogen (secondary N) is 1. The van der Waals surface area contributed by atoms with Crippen molar-refractivity contribution >= 4 is 11.7 Å². The first-order valence-corrected chi connectivity index (χ1v) is 8.67. The Kier molecular flexibility index (Phi) is 6.39. The van der Waals surface area contributed by atoms with Gasteiger partial charge in [0.25, 0.3) is 5.91 Å². The Hall–Kier alpha value is -1.62. The first-order chi connectivity index (χ1) is 11.0. The zero-order valence-corrected chi connectivity index (χ0v) is 14.9. The number of aromatic nitrogens is 1. The van der Waals surface area contributed by atoms with Gasteiger partial charge in [0.2, 0.25) is 0 Å². The Balaban J connectivity index is 1.79. The second-order valence-corrected chi connectivity index (χ2v) is 6.94. The Labute approximate surface area is 140 Å². The Bertz CT molecular complexity index is 500. The SMILES string of the molecule is CCN(C)c1ccc(C(=O)NCC2CCN(CC(C)C)C2)cn1. The highest BCUT2D eigenvalue weighted by atomic mass is 16.1. The van der Waals surface area contributed by atoms with Gasteiger partial charge < -0.3 is 15.1 Å². The van der Waals surface area contributed by atoms with Crippen LogP contribution < -0.4 is 10.2 Å². The molecule has 0 spiro atoms. The molecule has 0 saturated carbocycles. The fourth-order valence-corrected chi connectivity index (χ4v) is 3.01. The molecule has 23 heavy (non-hydrogen) atoms. The molecule has 2 rings (SSSR count). The Morgan fingerprint density at radius 3 is 2.87 bits per heavy atom. The molecule has 2 heterocycles. The molecule has 128 valence electrons. The van der Waals surface area contributed by atoms with Crippen molar-refractivity contribution in [2.45, 2.75) is 27.2 Å². The lowest BCUT2D eigenvalue weighted by molar-refractivity contribution is 0.0947. The summed E-state index contributed by atoms with van der Waals surface area (Å²) in [5, 5.41) is 3.06. The van der Waals surface area contributed by atoms with Gasteiger partial charge in [-0.15, -0.1) is 0 Å². The number of anilines is 1. The quantitative estimate of drug-likeness (QED) is 0.838. The van der Waals surface area contributed by atoms with Gasteiger partial charge in [-0.3, -0.25) is 4.79 Å². The number of hydrogen-bond donors (Lipinski definition) is 1. The van der Waals surface area contributed by atoms with E-state index in [9.17, 15) is 4.79 Å². The van der Waals surface area contributed by atoms with Crippen LogP contribution in [0.25, 0.3) is 0 Å².